The normalized spacial score (nSPS) is 20.5. The highest BCUT2D eigenvalue weighted by molar-refractivity contribution is 7.90. The lowest BCUT2D eigenvalue weighted by molar-refractivity contribution is -0.135. The molecule has 0 unspecified atom stereocenters. The Bertz CT molecular complexity index is 1590. The minimum Gasteiger partial charge on any atom is -0.493 e. The first-order chi connectivity index (χ1) is 21.1. The Hall–Kier alpha value is -3.93. The quantitative estimate of drug-likeness (QED) is 0.471. The van der Waals surface area contributed by atoms with Gasteiger partial charge in [0.15, 0.2) is 21.3 Å². The Labute approximate surface area is 258 Å². The van der Waals surface area contributed by atoms with E-state index in [4.69, 9.17) is 14.2 Å². The molecular formula is C33H39N3O7S. The van der Waals surface area contributed by atoms with Gasteiger partial charge in [0.2, 0.25) is 11.8 Å². The van der Waals surface area contributed by atoms with Crippen molar-refractivity contribution in [2.24, 2.45) is 0 Å². The minimum atomic E-state index is -3.27. The average molecular weight is 622 g/mol. The summed E-state index contributed by atoms with van der Waals surface area (Å²) in [4.78, 5) is 29.9. The third-order valence-corrected chi connectivity index (χ3v) is 9.13. The molecule has 3 aromatic rings. The second kappa shape index (κ2) is 13.8. The number of likely N-dealkylation sites (tertiary alicyclic amines) is 1. The molecule has 1 fully saturated rings. The van der Waals surface area contributed by atoms with Crippen molar-refractivity contribution in [2.75, 3.05) is 40.0 Å². The maximum Gasteiger partial charge on any atom is 0.239 e. The molecule has 1 saturated heterocycles. The third kappa shape index (κ3) is 8.16. The van der Waals surface area contributed by atoms with E-state index in [2.05, 4.69) is 10.2 Å². The second-order valence-electron chi connectivity index (χ2n) is 11.4. The lowest BCUT2D eigenvalue weighted by atomic mass is 10.0. The summed E-state index contributed by atoms with van der Waals surface area (Å²) in [5.74, 6) is 1.41. The first kappa shape index (κ1) is 31.5. The highest BCUT2D eigenvalue weighted by Gasteiger charge is 2.32. The van der Waals surface area contributed by atoms with Crippen LogP contribution in [0, 0.1) is 0 Å². The van der Waals surface area contributed by atoms with E-state index >= 15 is 0 Å². The van der Waals surface area contributed by atoms with Crippen LogP contribution in [0.25, 0.3) is 0 Å². The Morgan fingerprint density at radius 3 is 2.55 bits per heavy atom. The number of fused-ring (bicyclic) bond motifs is 9. The van der Waals surface area contributed by atoms with E-state index in [1.165, 1.54) is 11.2 Å². The lowest BCUT2D eigenvalue weighted by Gasteiger charge is -2.39. The third-order valence-electron chi connectivity index (χ3n) is 8.00. The number of hydrogen-bond acceptors (Lipinski definition) is 8. The summed E-state index contributed by atoms with van der Waals surface area (Å²) in [6, 6.07) is 20.0. The Balaban J connectivity index is 1.36. The monoisotopic (exact) mass is 621 g/mol. The number of carbonyl (C=O) groups excluding carboxylic acids is 2. The smallest absolute Gasteiger partial charge is 0.239 e. The van der Waals surface area contributed by atoms with Gasteiger partial charge < -0.3 is 24.4 Å². The number of nitrogens with zero attached hydrogens (tertiary/aromatic N) is 2. The van der Waals surface area contributed by atoms with Crippen LogP contribution >= 0.6 is 0 Å². The molecule has 3 heterocycles. The van der Waals surface area contributed by atoms with Gasteiger partial charge in [0.05, 0.1) is 37.3 Å². The van der Waals surface area contributed by atoms with Crippen molar-refractivity contribution in [1.82, 2.24) is 15.1 Å². The number of carbonyl (C=O) groups is 2. The molecule has 2 atom stereocenters. The molecule has 44 heavy (non-hydrogen) atoms. The molecule has 0 aromatic heterocycles. The van der Waals surface area contributed by atoms with Gasteiger partial charge >= 0.3 is 0 Å². The van der Waals surface area contributed by atoms with Crippen molar-refractivity contribution in [2.45, 2.75) is 49.5 Å². The van der Waals surface area contributed by atoms with E-state index in [9.17, 15) is 18.0 Å². The van der Waals surface area contributed by atoms with Crippen LogP contribution in [0.1, 0.15) is 29.5 Å². The van der Waals surface area contributed by atoms with Gasteiger partial charge in [-0.15, -0.1) is 0 Å². The number of hydrogen-bond donors (Lipinski definition) is 1. The van der Waals surface area contributed by atoms with Gasteiger partial charge in [-0.3, -0.25) is 14.5 Å². The van der Waals surface area contributed by atoms with Crippen molar-refractivity contribution in [3.05, 3.63) is 83.4 Å². The summed E-state index contributed by atoms with van der Waals surface area (Å²) in [5.41, 5.74) is 2.84. The van der Waals surface area contributed by atoms with E-state index < -0.39 is 9.84 Å². The molecule has 2 amide bonds. The molecule has 4 bridgehead atoms. The molecule has 6 rings (SSSR count). The molecule has 234 valence electrons. The van der Waals surface area contributed by atoms with Gasteiger partial charge in [0, 0.05) is 39.4 Å². The Morgan fingerprint density at radius 1 is 1.00 bits per heavy atom. The first-order valence-electron chi connectivity index (χ1n) is 14.7. The van der Waals surface area contributed by atoms with Crippen molar-refractivity contribution >= 4 is 21.7 Å². The Kier molecular flexibility index (Phi) is 9.87. The van der Waals surface area contributed by atoms with Gasteiger partial charge in [-0.2, -0.15) is 0 Å². The SMILES string of the molecule is COc1cc2ccc1Oc1cccc(c1)CO[C@H]1CN(Cc3ccc(S(C)(=O)=O)cc3)CC[C@@H]1NC(=O)CN(C)C(=O)CC2. The largest absolute Gasteiger partial charge is 0.493 e. The zero-order valence-electron chi connectivity index (χ0n) is 25.3. The predicted molar refractivity (Wildman–Crippen MR) is 165 cm³/mol. The number of rotatable bonds is 4. The number of piperidine rings is 1. The highest BCUT2D eigenvalue weighted by atomic mass is 32.2. The number of aryl methyl sites for hydroxylation is 1. The van der Waals surface area contributed by atoms with E-state index in [0.29, 0.717) is 49.8 Å². The molecule has 0 radical (unpaired) electrons. The van der Waals surface area contributed by atoms with Crippen LogP contribution in [0.4, 0.5) is 0 Å². The fourth-order valence-electron chi connectivity index (χ4n) is 5.54. The number of ether oxygens (including phenoxy) is 3. The molecule has 3 aromatic carbocycles. The minimum absolute atomic E-state index is 0.0450. The fourth-order valence-corrected chi connectivity index (χ4v) is 6.17. The van der Waals surface area contributed by atoms with Crippen LogP contribution in [-0.4, -0.2) is 82.2 Å². The van der Waals surface area contributed by atoms with Gasteiger partial charge in [-0.25, -0.2) is 8.42 Å². The number of methoxy groups -OCH3 is 1. The maximum atomic E-state index is 13.1. The van der Waals surface area contributed by atoms with Gasteiger partial charge in [-0.05, 0) is 65.9 Å². The summed E-state index contributed by atoms with van der Waals surface area (Å²) >= 11 is 0. The molecule has 0 saturated carbocycles. The van der Waals surface area contributed by atoms with Gasteiger partial charge in [0.25, 0.3) is 0 Å². The van der Waals surface area contributed by atoms with Crippen LogP contribution in [-0.2, 0) is 43.7 Å². The molecule has 0 aliphatic carbocycles. The van der Waals surface area contributed by atoms with E-state index in [-0.39, 0.29) is 41.8 Å². The molecule has 3 aliphatic heterocycles. The molecule has 0 spiro atoms. The van der Waals surface area contributed by atoms with Crippen molar-refractivity contribution in [3.63, 3.8) is 0 Å². The average Bonchev–Trinajstić information content (AvgIpc) is 3.00. The van der Waals surface area contributed by atoms with E-state index in [1.54, 1.807) is 26.3 Å². The predicted octanol–water partition coefficient (Wildman–Crippen LogP) is 3.57. The van der Waals surface area contributed by atoms with Gasteiger partial charge in [-0.1, -0.05) is 30.3 Å². The summed E-state index contributed by atoms with van der Waals surface area (Å²) < 4.78 is 41.9. The van der Waals surface area contributed by atoms with Crippen LogP contribution in [0.3, 0.4) is 0 Å². The van der Waals surface area contributed by atoms with Crippen LogP contribution < -0.4 is 14.8 Å². The fraction of sp³-hybridized carbons (Fsp3) is 0.394. The van der Waals surface area contributed by atoms with Crippen molar-refractivity contribution in [1.29, 1.82) is 0 Å². The first-order valence-corrected chi connectivity index (χ1v) is 16.6. The highest BCUT2D eigenvalue weighted by Crippen LogP contribution is 2.33. The number of amides is 2. The topological polar surface area (TPSA) is 114 Å². The van der Waals surface area contributed by atoms with Crippen molar-refractivity contribution in [3.8, 4) is 17.2 Å². The molecular weight excluding hydrogens is 582 g/mol. The summed E-state index contributed by atoms with van der Waals surface area (Å²) in [6.45, 7) is 2.16. The molecule has 3 aliphatic rings. The Morgan fingerprint density at radius 2 is 1.80 bits per heavy atom. The summed E-state index contributed by atoms with van der Waals surface area (Å²) in [5, 5.41) is 3.12. The standard InChI is InChI=1S/C33H39N3O7S/c1-35-21-32(37)34-28-15-16-36(19-24-7-11-27(12-8-24)44(3,39)40)20-31(28)42-22-25-5-4-6-26(17-25)43-29-13-9-23(10-14-33(35)38)18-30(29)41-2/h4-9,11-13,17-18,28,31H,10,14-16,19-22H2,1-3H3,(H,34,37)/t28-,31-/m0/s1. The van der Waals surface area contributed by atoms with E-state index in [1.807, 2.05) is 54.6 Å². The van der Waals surface area contributed by atoms with Crippen LogP contribution in [0.2, 0.25) is 0 Å². The van der Waals surface area contributed by atoms with Crippen molar-refractivity contribution < 1.29 is 32.2 Å². The van der Waals surface area contributed by atoms with Gasteiger partial charge in [0.1, 0.15) is 5.75 Å². The molecule has 11 heteroatoms. The molecule has 10 nitrogen and oxygen atoms in total. The maximum absolute atomic E-state index is 13.1. The lowest BCUT2D eigenvalue weighted by Crippen LogP contribution is -2.56. The number of benzene rings is 3. The zero-order chi connectivity index (χ0) is 31.3. The van der Waals surface area contributed by atoms with Crippen LogP contribution in [0.15, 0.2) is 71.6 Å². The van der Waals surface area contributed by atoms with Crippen LogP contribution in [0.5, 0.6) is 17.2 Å². The van der Waals surface area contributed by atoms with E-state index in [0.717, 1.165) is 23.2 Å². The summed E-state index contributed by atoms with van der Waals surface area (Å²) in [7, 11) is -0.0452. The molecule has 1 N–H and O–H groups in total. The summed E-state index contributed by atoms with van der Waals surface area (Å²) in [6.07, 6.45) is 2.30. The zero-order valence-corrected chi connectivity index (χ0v) is 26.1. The number of nitrogens with one attached hydrogen (secondary N) is 1. The number of likely N-dealkylation sites (N-methyl/N-ethyl adjacent to an activating group) is 1. The second-order valence-corrected chi connectivity index (χ2v) is 13.5. The number of sulfone groups is 1.